The summed E-state index contributed by atoms with van der Waals surface area (Å²) in [5, 5.41) is 3.25. The molecular formula is C18H15FN4O. The number of H-pyrrole nitrogens is 1. The van der Waals surface area contributed by atoms with Crippen LogP contribution in [0.3, 0.4) is 0 Å². The number of carbonyl (C=O) groups is 1. The lowest BCUT2D eigenvalue weighted by molar-refractivity contribution is 0.0950. The highest BCUT2D eigenvalue weighted by Crippen LogP contribution is 2.18. The molecule has 4 rings (SSSR count). The van der Waals surface area contributed by atoms with E-state index < -0.39 is 0 Å². The molecule has 3 heterocycles. The lowest BCUT2D eigenvalue weighted by atomic mass is 10.2. The first-order valence-corrected chi connectivity index (χ1v) is 7.69. The maximum atomic E-state index is 13.7. The van der Waals surface area contributed by atoms with Crippen LogP contribution < -0.4 is 5.32 Å². The van der Waals surface area contributed by atoms with E-state index in [4.69, 9.17) is 0 Å². The van der Waals surface area contributed by atoms with Gasteiger partial charge in [-0.2, -0.15) is 0 Å². The van der Waals surface area contributed by atoms with E-state index in [1.165, 1.54) is 12.1 Å². The zero-order valence-electron chi connectivity index (χ0n) is 12.8. The Balaban J connectivity index is 1.43. The fraction of sp³-hybridized carbons (Fsp3) is 0.111. The number of amides is 1. The maximum Gasteiger partial charge on any atom is 0.267 e. The minimum Gasteiger partial charge on any atom is -0.350 e. The molecular weight excluding hydrogens is 307 g/mol. The summed E-state index contributed by atoms with van der Waals surface area (Å²) < 4.78 is 15.6. The highest BCUT2D eigenvalue weighted by molar-refractivity contribution is 5.98. The van der Waals surface area contributed by atoms with E-state index in [1.54, 1.807) is 12.1 Å². The largest absolute Gasteiger partial charge is 0.350 e. The van der Waals surface area contributed by atoms with Crippen molar-refractivity contribution in [2.24, 2.45) is 0 Å². The molecule has 0 atom stereocenters. The Kier molecular flexibility index (Phi) is 3.49. The number of carbonyl (C=O) groups excluding carboxylic acids is 1. The van der Waals surface area contributed by atoms with Gasteiger partial charge < -0.3 is 14.7 Å². The van der Waals surface area contributed by atoms with Gasteiger partial charge in [0.2, 0.25) is 0 Å². The Labute approximate surface area is 137 Å². The number of benzene rings is 1. The van der Waals surface area contributed by atoms with Gasteiger partial charge in [-0.05, 0) is 30.3 Å². The monoisotopic (exact) mass is 322 g/mol. The number of nitrogens with zero attached hydrogens (tertiary/aromatic N) is 2. The van der Waals surface area contributed by atoms with Crippen LogP contribution in [0.25, 0.3) is 16.6 Å². The van der Waals surface area contributed by atoms with Crippen LogP contribution in [0.2, 0.25) is 0 Å². The van der Waals surface area contributed by atoms with Crippen molar-refractivity contribution in [1.82, 2.24) is 19.7 Å². The SMILES string of the molecule is O=C(NCCc1cn2ccccc2n1)c1cc2c(F)cccc2[nH]1. The average Bonchev–Trinajstić information content (AvgIpc) is 3.18. The number of halogens is 1. The van der Waals surface area contributed by atoms with Crippen LogP contribution in [0.15, 0.2) is 54.9 Å². The standard InChI is InChI=1S/C18H15FN4O/c19-14-4-3-5-15-13(14)10-16(22-15)18(24)20-8-7-12-11-23-9-2-1-6-17(23)21-12/h1-6,9-11,22H,7-8H2,(H,20,24). The third-order valence-electron chi connectivity index (χ3n) is 3.94. The Morgan fingerprint density at radius 1 is 1.25 bits per heavy atom. The molecule has 6 heteroatoms. The number of aromatic nitrogens is 3. The summed E-state index contributed by atoms with van der Waals surface area (Å²) in [5.74, 6) is -0.595. The first-order valence-electron chi connectivity index (χ1n) is 7.69. The van der Waals surface area contributed by atoms with E-state index in [1.807, 2.05) is 35.0 Å². The second-order valence-electron chi connectivity index (χ2n) is 5.59. The molecule has 1 aromatic carbocycles. The van der Waals surface area contributed by atoms with E-state index in [0.717, 1.165) is 11.3 Å². The first kappa shape index (κ1) is 14.4. The number of rotatable bonds is 4. The van der Waals surface area contributed by atoms with Crippen LogP contribution >= 0.6 is 0 Å². The van der Waals surface area contributed by atoms with Gasteiger partial charge in [0.05, 0.1) is 5.69 Å². The Morgan fingerprint density at radius 2 is 2.17 bits per heavy atom. The maximum absolute atomic E-state index is 13.7. The van der Waals surface area contributed by atoms with Gasteiger partial charge in [-0.25, -0.2) is 9.37 Å². The highest BCUT2D eigenvalue weighted by atomic mass is 19.1. The normalized spacial score (nSPS) is 11.2. The summed E-state index contributed by atoms with van der Waals surface area (Å²) in [6.07, 6.45) is 4.51. The summed E-state index contributed by atoms with van der Waals surface area (Å²) in [5.41, 5.74) is 2.75. The van der Waals surface area contributed by atoms with Crippen LogP contribution in [0.1, 0.15) is 16.2 Å². The topological polar surface area (TPSA) is 62.2 Å². The Bertz CT molecular complexity index is 1000. The quantitative estimate of drug-likeness (QED) is 0.607. The average molecular weight is 322 g/mol. The van der Waals surface area contributed by atoms with Crippen LogP contribution in [-0.2, 0) is 6.42 Å². The van der Waals surface area contributed by atoms with E-state index in [0.29, 0.717) is 29.6 Å². The van der Waals surface area contributed by atoms with Gasteiger partial charge in [0.15, 0.2) is 0 Å². The summed E-state index contributed by atoms with van der Waals surface area (Å²) in [6, 6.07) is 12.1. The Morgan fingerprint density at radius 3 is 3.00 bits per heavy atom. The van der Waals surface area contributed by atoms with Crippen molar-refractivity contribution in [1.29, 1.82) is 0 Å². The number of nitrogens with one attached hydrogen (secondary N) is 2. The smallest absolute Gasteiger partial charge is 0.267 e. The van der Waals surface area contributed by atoms with Crippen molar-refractivity contribution in [3.05, 3.63) is 72.1 Å². The van der Waals surface area contributed by atoms with Gasteiger partial charge in [-0.1, -0.05) is 12.1 Å². The fourth-order valence-corrected chi connectivity index (χ4v) is 2.75. The highest BCUT2D eigenvalue weighted by Gasteiger charge is 2.11. The van der Waals surface area contributed by atoms with Gasteiger partial charge in [-0.3, -0.25) is 4.79 Å². The van der Waals surface area contributed by atoms with E-state index in [-0.39, 0.29) is 11.7 Å². The molecule has 0 saturated carbocycles. The van der Waals surface area contributed by atoms with Gasteiger partial charge in [0.1, 0.15) is 17.2 Å². The first-order chi connectivity index (χ1) is 11.7. The molecule has 0 bridgehead atoms. The molecule has 5 nitrogen and oxygen atoms in total. The number of aromatic amines is 1. The molecule has 24 heavy (non-hydrogen) atoms. The predicted octanol–water partition coefficient (Wildman–Crippen LogP) is 2.93. The van der Waals surface area contributed by atoms with Crippen molar-refractivity contribution in [2.45, 2.75) is 6.42 Å². The van der Waals surface area contributed by atoms with E-state index >= 15 is 0 Å². The van der Waals surface area contributed by atoms with Crippen molar-refractivity contribution < 1.29 is 9.18 Å². The molecule has 1 amide bonds. The molecule has 0 fully saturated rings. The molecule has 0 saturated heterocycles. The van der Waals surface area contributed by atoms with Crippen LogP contribution in [-0.4, -0.2) is 26.8 Å². The summed E-state index contributed by atoms with van der Waals surface area (Å²) in [4.78, 5) is 19.6. The third-order valence-corrected chi connectivity index (χ3v) is 3.94. The number of fused-ring (bicyclic) bond motifs is 2. The second kappa shape index (κ2) is 5.81. The van der Waals surface area contributed by atoms with Crippen molar-refractivity contribution in [2.75, 3.05) is 6.54 Å². The van der Waals surface area contributed by atoms with Crippen molar-refractivity contribution in [3.8, 4) is 0 Å². The molecule has 0 aliphatic heterocycles. The molecule has 0 radical (unpaired) electrons. The van der Waals surface area contributed by atoms with Gasteiger partial charge in [0.25, 0.3) is 5.91 Å². The number of hydrogen-bond acceptors (Lipinski definition) is 2. The number of imidazole rings is 1. The minimum absolute atomic E-state index is 0.255. The van der Waals surface area contributed by atoms with Crippen molar-refractivity contribution >= 4 is 22.5 Å². The molecule has 4 aromatic rings. The number of pyridine rings is 1. The second-order valence-corrected chi connectivity index (χ2v) is 5.59. The Hall–Kier alpha value is -3.15. The zero-order chi connectivity index (χ0) is 16.5. The lowest BCUT2D eigenvalue weighted by Gasteiger charge is -2.01. The molecule has 2 N–H and O–H groups in total. The van der Waals surface area contributed by atoms with E-state index in [2.05, 4.69) is 15.3 Å². The van der Waals surface area contributed by atoms with Crippen LogP contribution in [0.4, 0.5) is 4.39 Å². The number of hydrogen-bond donors (Lipinski definition) is 2. The molecule has 3 aromatic heterocycles. The van der Waals surface area contributed by atoms with Gasteiger partial charge in [-0.15, -0.1) is 0 Å². The lowest BCUT2D eigenvalue weighted by Crippen LogP contribution is -2.26. The zero-order valence-corrected chi connectivity index (χ0v) is 12.8. The molecule has 0 unspecified atom stereocenters. The van der Waals surface area contributed by atoms with Gasteiger partial charge in [0, 0.05) is 36.3 Å². The summed E-state index contributed by atoms with van der Waals surface area (Å²) in [7, 11) is 0. The van der Waals surface area contributed by atoms with Crippen LogP contribution in [0, 0.1) is 5.82 Å². The van der Waals surface area contributed by atoms with E-state index in [9.17, 15) is 9.18 Å². The molecule has 120 valence electrons. The fourth-order valence-electron chi connectivity index (χ4n) is 2.75. The summed E-state index contributed by atoms with van der Waals surface area (Å²) in [6.45, 7) is 0.459. The van der Waals surface area contributed by atoms with Crippen molar-refractivity contribution in [3.63, 3.8) is 0 Å². The molecule has 0 spiro atoms. The third kappa shape index (κ3) is 2.62. The molecule has 0 aliphatic carbocycles. The minimum atomic E-state index is -0.340. The van der Waals surface area contributed by atoms with Crippen LogP contribution in [0.5, 0.6) is 0 Å². The predicted molar refractivity (Wildman–Crippen MR) is 89.5 cm³/mol. The van der Waals surface area contributed by atoms with Gasteiger partial charge >= 0.3 is 0 Å². The molecule has 0 aliphatic rings. The summed E-state index contributed by atoms with van der Waals surface area (Å²) >= 11 is 0.